The SMILES string of the molecule is CN(C)c1ccccc1CNC(=O)c1ccc(F)cc1. The van der Waals surface area contributed by atoms with Crippen molar-refractivity contribution in [1.82, 2.24) is 5.32 Å². The molecule has 1 amide bonds. The summed E-state index contributed by atoms with van der Waals surface area (Å²) in [6.45, 7) is 0.435. The van der Waals surface area contributed by atoms with E-state index in [1.807, 2.05) is 43.3 Å². The lowest BCUT2D eigenvalue weighted by atomic mass is 10.1. The van der Waals surface area contributed by atoms with Gasteiger partial charge in [-0.15, -0.1) is 0 Å². The van der Waals surface area contributed by atoms with Crippen molar-refractivity contribution in [1.29, 1.82) is 0 Å². The Morgan fingerprint density at radius 1 is 1.10 bits per heavy atom. The highest BCUT2D eigenvalue weighted by Crippen LogP contribution is 2.17. The molecule has 0 aliphatic rings. The third-order valence-electron chi connectivity index (χ3n) is 3.02. The number of carbonyl (C=O) groups excluding carboxylic acids is 1. The standard InChI is InChI=1S/C16H17FN2O/c1-19(2)15-6-4-3-5-13(15)11-18-16(20)12-7-9-14(17)10-8-12/h3-10H,11H2,1-2H3,(H,18,20). The van der Waals surface area contributed by atoms with Crippen LogP contribution in [0.3, 0.4) is 0 Å². The van der Waals surface area contributed by atoms with Crippen molar-refractivity contribution < 1.29 is 9.18 Å². The Bertz CT molecular complexity index is 594. The Morgan fingerprint density at radius 2 is 1.75 bits per heavy atom. The van der Waals surface area contributed by atoms with Crippen LogP contribution >= 0.6 is 0 Å². The monoisotopic (exact) mass is 272 g/mol. The zero-order valence-corrected chi connectivity index (χ0v) is 11.6. The third kappa shape index (κ3) is 3.35. The van der Waals surface area contributed by atoms with Gasteiger partial charge in [-0.1, -0.05) is 18.2 Å². The van der Waals surface area contributed by atoms with Crippen LogP contribution in [-0.4, -0.2) is 20.0 Å². The normalized spacial score (nSPS) is 10.2. The second-order valence-corrected chi connectivity index (χ2v) is 4.71. The number of halogens is 1. The zero-order valence-electron chi connectivity index (χ0n) is 11.6. The Hall–Kier alpha value is -2.36. The van der Waals surface area contributed by atoms with Crippen LogP contribution in [0.25, 0.3) is 0 Å². The number of hydrogen-bond acceptors (Lipinski definition) is 2. The first kappa shape index (κ1) is 14.1. The van der Waals surface area contributed by atoms with Gasteiger partial charge in [0.05, 0.1) is 0 Å². The molecule has 0 bridgehead atoms. The quantitative estimate of drug-likeness (QED) is 0.928. The number of benzene rings is 2. The van der Waals surface area contributed by atoms with E-state index < -0.39 is 0 Å². The summed E-state index contributed by atoms with van der Waals surface area (Å²) in [5.41, 5.74) is 2.55. The van der Waals surface area contributed by atoms with Crippen LogP contribution in [0.5, 0.6) is 0 Å². The van der Waals surface area contributed by atoms with Crippen LogP contribution in [0, 0.1) is 5.82 Å². The molecule has 0 atom stereocenters. The lowest BCUT2D eigenvalue weighted by molar-refractivity contribution is 0.0951. The summed E-state index contributed by atoms with van der Waals surface area (Å²) in [6.07, 6.45) is 0. The van der Waals surface area contributed by atoms with E-state index in [1.165, 1.54) is 24.3 Å². The van der Waals surface area contributed by atoms with Crippen molar-refractivity contribution in [2.24, 2.45) is 0 Å². The fourth-order valence-corrected chi connectivity index (χ4v) is 1.98. The molecule has 2 rings (SSSR count). The topological polar surface area (TPSA) is 32.3 Å². The Kier molecular flexibility index (Phi) is 4.35. The maximum atomic E-state index is 12.8. The highest BCUT2D eigenvalue weighted by atomic mass is 19.1. The summed E-state index contributed by atoms with van der Waals surface area (Å²) in [4.78, 5) is 14.0. The smallest absolute Gasteiger partial charge is 0.251 e. The Morgan fingerprint density at radius 3 is 2.40 bits per heavy atom. The molecule has 3 nitrogen and oxygen atoms in total. The van der Waals surface area contributed by atoms with Gasteiger partial charge >= 0.3 is 0 Å². The zero-order chi connectivity index (χ0) is 14.5. The lowest BCUT2D eigenvalue weighted by Gasteiger charge is -2.17. The molecular formula is C16H17FN2O. The summed E-state index contributed by atoms with van der Waals surface area (Å²) in [5.74, 6) is -0.557. The molecule has 0 aliphatic heterocycles. The van der Waals surface area contributed by atoms with E-state index in [9.17, 15) is 9.18 Å². The summed E-state index contributed by atoms with van der Waals surface area (Å²) >= 11 is 0. The molecule has 104 valence electrons. The van der Waals surface area contributed by atoms with Gasteiger partial charge in [0.1, 0.15) is 5.82 Å². The van der Waals surface area contributed by atoms with Crippen molar-refractivity contribution in [2.75, 3.05) is 19.0 Å². The molecule has 0 fully saturated rings. The van der Waals surface area contributed by atoms with Crippen LogP contribution in [0.1, 0.15) is 15.9 Å². The van der Waals surface area contributed by atoms with E-state index in [0.29, 0.717) is 12.1 Å². The summed E-state index contributed by atoms with van der Waals surface area (Å²) in [6, 6.07) is 13.4. The van der Waals surface area contributed by atoms with Gasteiger partial charge in [-0.05, 0) is 35.9 Å². The van der Waals surface area contributed by atoms with Crippen LogP contribution < -0.4 is 10.2 Å². The number of rotatable bonds is 4. The van der Waals surface area contributed by atoms with Gasteiger partial charge in [0.15, 0.2) is 0 Å². The van der Waals surface area contributed by atoms with Crippen LogP contribution in [0.2, 0.25) is 0 Å². The summed E-state index contributed by atoms with van der Waals surface area (Å²) in [7, 11) is 3.92. The minimum absolute atomic E-state index is 0.210. The van der Waals surface area contributed by atoms with E-state index in [-0.39, 0.29) is 11.7 Å². The highest BCUT2D eigenvalue weighted by Gasteiger charge is 2.08. The molecule has 2 aromatic rings. The summed E-state index contributed by atoms with van der Waals surface area (Å²) in [5, 5.41) is 2.84. The van der Waals surface area contributed by atoms with E-state index >= 15 is 0 Å². The van der Waals surface area contributed by atoms with Gasteiger partial charge in [0.25, 0.3) is 5.91 Å². The average molecular weight is 272 g/mol. The maximum absolute atomic E-state index is 12.8. The van der Waals surface area contributed by atoms with Crippen LogP contribution in [0.15, 0.2) is 48.5 Å². The molecule has 0 unspecified atom stereocenters. The van der Waals surface area contributed by atoms with Crippen molar-refractivity contribution in [3.63, 3.8) is 0 Å². The molecule has 0 heterocycles. The predicted octanol–water partition coefficient (Wildman–Crippen LogP) is 2.82. The van der Waals surface area contributed by atoms with Crippen molar-refractivity contribution >= 4 is 11.6 Å². The number of hydrogen-bond donors (Lipinski definition) is 1. The molecule has 0 aliphatic carbocycles. The number of nitrogens with zero attached hydrogens (tertiary/aromatic N) is 1. The molecule has 0 aromatic heterocycles. The molecule has 0 spiro atoms. The first-order valence-corrected chi connectivity index (χ1v) is 6.37. The molecule has 0 saturated heterocycles. The van der Waals surface area contributed by atoms with Gasteiger partial charge in [-0.3, -0.25) is 4.79 Å². The van der Waals surface area contributed by atoms with Gasteiger partial charge in [0, 0.05) is 31.9 Å². The van der Waals surface area contributed by atoms with Crippen molar-refractivity contribution in [2.45, 2.75) is 6.54 Å². The fraction of sp³-hybridized carbons (Fsp3) is 0.188. The minimum atomic E-state index is -0.348. The molecule has 0 saturated carbocycles. The van der Waals surface area contributed by atoms with Crippen LogP contribution in [-0.2, 0) is 6.54 Å². The predicted molar refractivity (Wildman–Crippen MR) is 78.3 cm³/mol. The Balaban J connectivity index is 2.05. The second-order valence-electron chi connectivity index (χ2n) is 4.71. The lowest BCUT2D eigenvalue weighted by Crippen LogP contribution is -2.24. The number of nitrogens with one attached hydrogen (secondary N) is 1. The second kappa shape index (κ2) is 6.19. The molecule has 0 radical (unpaired) electrons. The number of amides is 1. The van der Waals surface area contributed by atoms with Gasteiger partial charge in [0.2, 0.25) is 0 Å². The largest absolute Gasteiger partial charge is 0.377 e. The van der Waals surface area contributed by atoms with E-state index in [0.717, 1.165) is 11.3 Å². The molecular weight excluding hydrogens is 255 g/mol. The van der Waals surface area contributed by atoms with Crippen molar-refractivity contribution in [3.8, 4) is 0 Å². The molecule has 20 heavy (non-hydrogen) atoms. The maximum Gasteiger partial charge on any atom is 0.251 e. The molecule has 4 heteroatoms. The first-order valence-electron chi connectivity index (χ1n) is 6.37. The first-order chi connectivity index (χ1) is 9.58. The minimum Gasteiger partial charge on any atom is -0.377 e. The van der Waals surface area contributed by atoms with E-state index in [4.69, 9.17) is 0 Å². The van der Waals surface area contributed by atoms with Crippen molar-refractivity contribution in [3.05, 3.63) is 65.5 Å². The number of anilines is 1. The average Bonchev–Trinajstić information content (AvgIpc) is 2.45. The summed E-state index contributed by atoms with van der Waals surface area (Å²) < 4.78 is 12.8. The molecule has 1 N–H and O–H groups in total. The van der Waals surface area contributed by atoms with E-state index in [2.05, 4.69) is 5.32 Å². The van der Waals surface area contributed by atoms with Gasteiger partial charge in [-0.25, -0.2) is 4.39 Å². The van der Waals surface area contributed by atoms with Gasteiger partial charge in [-0.2, -0.15) is 0 Å². The Labute approximate surface area is 118 Å². The third-order valence-corrected chi connectivity index (χ3v) is 3.02. The van der Waals surface area contributed by atoms with Crippen LogP contribution in [0.4, 0.5) is 10.1 Å². The number of carbonyl (C=O) groups is 1. The van der Waals surface area contributed by atoms with E-state index in [1.54, 1.807) is 0 Å². The van der Waals surface area contributed by atoms with Gasteiger partial charge < -0.3 is 10.2 Å². The molecule has 2 aromatic carbocycles. The highest BCUT2D eigenvalue weighted by molar-refractivity contribution is 5.94. The fourth-order valence-electron chi connectivity index (χ4n) is 1.98. The number of para-hydroxylation sites is 1.